The average molecular weight is 212 g/mol. The number of nitrogens with zero attached hydrogens (tertiary/aromatic N) is 1. The molecule has 2 aliphatic heterocycles. The Labute approximate surface area is 91.0 Å². The van der Waals surface area contributed by atoms with Crippen molar-refractivity contribution in [1.29, 1.82) is 0 Å². The summed E-state index contributed by atoms with van der Waals surface area (Å²) in [6.07, 6.45) is 3.08. The second-order valence-electron chi connectivity index (χ2n) is 4.50. The highest BCUT2D eigenvalue weighted by Gasteiger charge is 2.39. The molecule has 0 spiro atoms. The first-order valence-electron chi connectivity index (χ1n) is 5.79. The summed E-state index contributed by atoms with van der Waals surface area (Å²) in [5, 5.41) is 3.39. The molecule has 2 heterocycles. The number of carbonyl (C=O) groups excluding carboxylic acids is 1. The molecule has 3 atom stereocenters. The van der Waals surface area contributed by atoms with E-state index in [4.69, 9.17) is 4.74 Å². The summed E-state index contributed by atoms with van der Waals surface area (Å²) in [5.74, 6) is 0.161. The monoisotopic (exact) mass is 212 g/mol. The zero-order valence-electron chi connectivity index (χ0n) is 9.53. The van der Waals surface area contributed by atoms with E-state index in [1.807, 2.05) is 6.92 Å². The van der Waals surface area contributed by atoms with Crippen LogP contribution in [-0.2, 0) is 9.53 Å². The van der Waals surface area contributed by atoms with Crippen LogP contribution in [0.5, 0.6) is 0 Å². The number of ether oxygens (including phenoxy) is 1. The number of hydrogen-bond acceptors (Lipinski definition) is 3. The molecule has 0 aromatic carbocycles. The lowest BCUT2D eigenvalue weighted by atomic mass is 10.1. The number of methoxy groups -OCH3 is 1. The van der Waals surface area contributed by atoms with Crippen molar-refractivity contribution in [2.24, 2.45) is 0 Å². The van der Waals surface area contributed by atoms with Crippen molar-refractivity contribution in [3.05, 3.63) is 0 Å². The molecular formula is C11H20N2O2. The standard InChI is InChI=1S/C11H20N2O2/c1-8(15-2)11(14)13-9-3-4-10(13)7-12-6-5-9/h8-10,12H,3-7H2,1-2H3. The number of fused-ring (bicyclic) bond motifs is 2. The molecule has 2 rings (SSSR count). The third-order valence-corrected chi connectivity index (χ3v) is 3.61. The lowest BCUT2D eigenvalue weighted by molar-refractivity contribution is -0.143. The van der Waals surface area contributed by atoms with Gasteiger partial charge < -0.3 is 15.0 Å². The zero-order valence-corrected chi connectivity index (χ0v) is 9.53. The largest absolute Gasteiger partial charge is 0.372 e. The lowest BCUT2D eigenvalue weighted by Gasteiger charge is -2.29. The highest BCUT2D eigenvalue weighted by molar-refractivity contribution is 5.81. The summed E-state index contributed by atoms with van der Waals surface area (Å²) in [6.45, 7) is 3.81. The zero-order chi connectivity index (χ0) is 10.8. The number of rotatable bonds is 2. The Morgan fingerprint density at radius 2 is 2.13 bits per heavy atom. The molecule has 15 heavy (non-hydrogen) atoms. The fourth-order valence-corrected chi connectivity index (χ4v) is 2.65. The van der Waals surface area contributed by atoms with Gasteiger partial charge in [0, 0.05) is 25.7 Å². The van der Waals surface area contributed by atoms with Crippen molar-refractivity contribution in [2.75, 3.05) is 20.2 Å². The second kappa shape index (κ2) is 4.49. The van der Waals surface area contributed by atoms with Gasteiger partial charge in [-0.05, 0) is 32.7 Å². The molecule has 2 fully saturated rings. The van der Waals surface area contributed by atoms with Gasteiger partial charge in [0.1, 0.15) is 6.10 Å². The summed E-state index contributed by atoms with van der Waals surface area (Å²) in [5.41, 5.74) is 0. The first-order chi connectivity index (χ1) is 7.24. The van der Waals surface area contributed by atoms with Crippen molar-refractivity contribution in [1.82, 2.24) is 10.2 Å². The van der Waals surface area contributed by atoms with Crippen LogP contribution in [0, 0.1) is 0 Å². The van der Waals surface area contributed by atoms with E-state index in [9.17, 15) is 4.79 Å². The third kappa shape index (κ3) is 2.01. The van der Waals surface area contributed by atoms with Crippen LogP contribution in [0.25, 0.3) is 0 Å². The molecule has 2 bridgehead atoms. The lowest BCUT2D eigenvalue weighted by Crippen LogP contribution is -2.47. The van der Waals surface area contributed by atoms with E-state index >= 15 is 0 Å². The normalized spacial score (nSPS) is 32.5. The minimum absolute atomic E-state index is 0.161. The van der Waals surface area contributed by atoms with Crippen molar-refractivity contribution in [2.45, 2.75) is 44.4 Å². The first-order valence-corrected chi connectivity index (χ1v) is 5.79. The van der Waals surface area contributed by atoms with Gasteiger partial charge in [0.2, 0.25) is 0 Å². The number of amides is 1. The Hall–Kier alpha value is -0.610. The van der Waals surface area contributed by atoms with Gasteiger partial charge in [-0.25, -0.2) is 0 Å². The molecule has 1 N–H and O–H groups in total. The Kier molecular flexibility index (Phi) is 3.26. The molecule has 1 amide bonds. The maximum atomic E-state index is 12.1. The third-order valence-electron chi connectivity index (χ3n) is 3.61. The van der Waals surface area contributed by atoms with Crippen molar-refractivity contribution in [3.8, 4) is 0 Å². The molecule has 0 aromatic rings. The number of carbonyl (C=O) groups is 1. The molecule has 3 unspecified atom stereocenters. The minimum Gasteiger partial charge on any atom is -0.372 e. The van der Waals surface area contributed by atoms with Crippen molar-refractivity contribution in [3.63, 3.8) is 0 Å². The van der Waals surface area contributed by atoms with Gasteiger partial charge >= 0.3 is 0 Å². The molecular weight excluding hydrogens is 192 g/mol. The maximum Gasteiger partial charge on any atom is 0.251 e. The van der Waals surface area contributed by atoms with E-state index in [0.717, 1.165) is 32.4 Å². The fourth-order valence-electron chi connectivity index (χ4n) is 2.65. The highest BCUT2D eigenvalue weighted by atomic mass is 16.5. The van der Waals surface area contributed by atoms with E-state index in [1.165, 1.54) is 0 Å². The molecule has 2 saturated heterocycles. The SMILES string of the molecule is COC(C)C(=O)N1C2CCNCC1CC2. The maximum absolute atomic E-state index is 12.1. The molecule has 4 nitrogen and oxygen atoms in total. The quantitative estimate of drug-likeness (QED) is 0.719. The topological polar surface area (TPSA) is 41.6 Å². The van der Waals surface area contributed by atoms with Gasteiger partial charge in [-0.15, -0.1) is 0 Å². The van der Waals surface area contributed by atoms with Crippen molar-refractivity contribution < 1.29 is 9.53 Å². The van der Waals surface area contributed by atoms with Crippen LogP contribution < -0.4 is 5.32 Å². The van der Waals surface area contributed by atoms with E-state index in [-0.39, 0.29) is 12.0 Å². The van der Waals surface area contributed by atoms with Crippen LogP contribution in [0.2, 0.25) is 0 Å². The predicted molar refractivity (Wildman–Crippen MR) is 57.6 cm³/mol. The Morgan fingerprint density at radius 1 is 1.40 bits per heavy atom. The number of nitrogens with one attached hydrogen (secondary N) is 1. The van der Waals surface area contributed by atoms with E-state index in [1.54, 1.807) is 7.11 Å². The predicted octanol–water partition coefficient (Wildman–Crippen LogP) is 0.374. The summed E-state index contributed by atoms with van der Waals surface area (Å²) in [6, 6.07) is 0.831. The average Bonchev–Trinajstić information content (AvgIpc) is 2.50. The number of hydrogen-bond donors (Lipinski definition) is 1. The van der Waals surface area contributed by atoms with Crippen LogP contribution in [-0.4, -0.2) is 49.2 Å². The van der Waals surface area contributed by atoms with E-state index < -0.39 is 0 Å². The Balaban J connectivity index is 2.09. The first kappa shape index (κ1) is 10.9. The Bertz CT molecular complexity index is 231. The van der Waals surface area contributed by atoms with Gasteiger partial charge in [0.25, 0.3) is 5.91 Å². The minimum atomic E-state index is -0.300. The molecule has 0 saturated carbocycles. The smallest absolute Gasteiger partial charge is 0.251 e. The van der Waals surface area contributed by atoms with Crippen molar-refractivity contribution >= 4 is 5.91 Å². The molecule has 0 radical (unpaired) electrons. The summed E-state index contributed by atoms with van der Waals surface area (Å²) >= 11 is 0. The van der Waals surface area contributed by atoms with Crippen LogP contribution in [0.1, 0.15) is 26.2 Å². The fraction of sp³-hybridized carbons (Fsp3) is 0.909. The van der Waals surface area contributed by atoms with E-state index in [0.29, 0.717) is 12.1 Å². The van der Waals surface area contributed by atoms with Gasteiger partial charge in [0.15, 0.2) is 0 Å². The second-order valence-corrected chi connectivity index (χ2v) is 4.50. The van der Waals surface area contributed by atoms with E-state index in [2.05, 4.69) is 10.2 Å². The molecule has 86 valence electrons. The summed E-state index contributed by atoms with van der Waals surface area (Å²) < 4.78 is 5.12. The summed E-state index contributed by atoms with van der Waals surface area (Å²) in [4.78, 5) is 14.2. The molecule has 4 heteroatoms. The molecule has 0 aliphatic carbocycles. The Morgan fingerprint density at radius 3 is 2.87 bits per heavy atom. The van der Waals surface area contributed by atoms with Gasteiger partial charge in [-0.1, -0.05) is 0 Å². The molecule has 2 aliphatic rings. The van der Waals surface area contributed by atoms with Crippen LogP contribution in [0.4, 0.5) is 0 Å². The highest BCUT2D eigenvalue weighted by Crippen LogP contribution is 2.28. The van der Waals surface area contributed by atoms with Gasteiger partial charge in [0.05, 0.1) is 0 Å². The van der Waals surface area contributed by atoms with Gasteiger partial charge in [-0.2, -0.15) is 0 Å². The molecule has 0 aromatic heterocycles. The van der Waals surface area contributed by atoms with Gasteiger partial charge in [-0.3, -0.25) is 4.79 Å². The van der Waals surface area contributed by atoms with Crippen LogP contribution in [0.3, 0.4) is 0 Å². The summed E-state index contributed by atoms with van der Waals surface area (Å²) in [7, 11) is 1.60. The van der Waals surface area contributed by atoms with Crippen LogP contribution >= 0.6 is 0 Å². The van der Waals surface area contributed by atoms with Crippen LogP contribution in [0.15, 0.2) is 0 Å².